The molecule has 3 amide bonds. The van der Waals surface area contributed by atoms with Gasteiger partial charge in [-0.2, -0.15) is 12.6 Å². The highest BCUT2D eigenvalue weighted by Gasteiger charge is 2.36. The van der Waals surface area contributed by atoms with E-state index in [9.17, 15) is 19.2 Å². The van der Waals surface area contributed by atoms with Gasteiger partial charge in [-0.05, 0) is 102 Å². The normalized spacial score (nSPS) is 19.6. The predicted molar refractivity (Wildman–Crippen MR) is 174 cm³/mol. The second-order valence-electron chi connectivity index (χ2n) is 12.5. The molecule has 2 unspecified atom stereocenters. The molecule has 44 heavy (non-hydrogen) atoms. The van der Waals surface area contributed by atoms with Crippen LogP contribution in [-0.2, 0) is 27.2 Å². The molecule has 2 atom stereocenters. The molecule has 0 aliphatic carbocycles. The summed E-state index contributed by atoms with van der Waals surface area (Å²) in [6.07, 6.45) is 2.74. The molecule has 2 heterocycles. The number of thiol groups is 1. The monoisotopic (exact) mass is 642 g/mol. The molecule has 2 aliphatic heterocycles. The van der Waals surface area contributed by atoms with Gasteiger partial charge in [0.1, 0.15) is 29.5 Å². The molecule has 11 heteroatoms. The van der Waals surface area contributed by atoms with Crippen LogP contribution in [0.25, 0.3) is 0 Å². The smallest absolute Gasteiger partial charge is 0.311 e. The summed E-state index contributed by atoms with van der Waals surface area (Å²) in [6, 6.07) is 7.54. The lowest BCUT2D eigenvalue weighted by molar-refractivity contribution is -0.134. The van der Waals surface area contributed by atoms with Crippen LogP contribution in [0.3, 0.4) is 0 Å². The summed E-state index contributed by atoms with van der Waals surface area (Å²) < 4.78 is 18.2. The van der Waals surface area contributed by atoms with E-state index in [1.807, 2.05) is 65.8 Å². The van der Waals surface area contributed by atoms with Crippen molar-refractivity contribution in [3.05, 3.63) is 52.1 Å². The number of benzene rings is 2. The SMILES string of the molecule is Cc1c(C)c2c(c(C)c1OC(=O)CCCC(=O)NCC(C)(C)S)CCC(C)(COc1ccc(CC3SC(=O)NC3=O)cc1)O2. The third kappa shape index (κ3) is 8.72. The molecule has 9 nitrogen and oxygen atoms in total. The molecule has 0 bridgehead atoms. The minimum atomic E-state index is -0.560. The molecule has 0 spiro atoms. The highest BCUT2D eigenvalue weighted by Crippen LogP contribution is 2.44. The Morgan fingerprint density at radius 3 is 2.45 bits per heavy atom. The Balaban J connectivity index is 1.33. The summed E-state index contributed by atoms with van der Waals surface area (Å²) >= 11 is 5.43. The molecule has 0 radical (unpaired) electrons. The summed E-state index contributed by atoms with van der Waals surface area (Å²) in [7, 11) is 0. The number of ether oxygens (including phenoxy) is 3. The number of thioether (sulfide) groups is 1. The molecular weight excluding hydrogens is 601 g/mol. The molecule has 2 aliphatic rings. The van der Waals surface area contributed by atoms with Gasteiger partial charge in [0.15, 0.2) is 0 Å². The van der Waals surface area contributed by atoms with E-state index in [1.54, 1.807) is 0 Å². The van der Waals surface area contributed by atoms with Crippen LogP contribution < -0.4 is 24.8 Å². The van der Waals surface area contributed by atoms with Gasteiger partial charge in [-0.25, -0.2) is 0 Å². The molecule has 4 rings (SSSR count). The highest BCUT2D eigenvalue weighted by atomic mass is 32.2. The molecule has 2 N–H and O–H groups in total. The van der Waals surface area contributed by atoms with E-state index in [1.165, 1.54) is 0 Å². The number of fused-ring (bicyclic) bond motifs is 1. The van der Waals surface area contributed by atoms with Crippen molar-refractivity contribution in [2.75, 3.05) is 13.2 Å². The maximum Gasteiger partial charge on any atom is 0.311 e. The Morgan fingerprint density at radius 2 is 1.82 bits per heavy atom. The van der Waals surface area contributed by atoms with E-state index >= 15 is 0 Å². The molecule has 1 fully saturated rings. The van der Waals surface area contributed by atoms with Crippen molar-refractivity contribution in [3.63, 3.8) is 0 Å². The number of carbonyl (C=O) groups is 4. The van der Waals surface area contributed by atoms with Crippen molar-refractivity contribution < 1.29 is 33.4 Å². The number of esters is 1. The fourth-order valence-electron chi connectivity index (χ4n) is 5.20. The third-order valence-electron chi connectivity index (χ3n) is 7.94. The van der Waals surface area contributed by atoms with Crippen LogP contribution in [0, 0.1) is 20.8 Å². The van der Waals surface area contributed by atoms with Crippen LogP contribution in [0.15, 0.2) is 24.3 Å². The van der Waals surface area contributed by atoms with Gasteiger partial charge in [-0.15, -0.1) is 0 Å². The molecule has 0 aromatic heterocycles. The molecule has 1 saturated heterocycles. The Bertz CT molecular complexity index is 1440. The predicted octanol–water partition coefficient (Wildman–Crippen LogP) is 5.57. The third-order valence-corrected chi connectivity index (χ3v) is 9.08. The minimum absolute atomic E-state index is 0.106. The van der Waals surface area contributed by atoms with Crippen LogP contribution in [0.4, 0.5) is 4.79 Å². The van der Waals surface area contributed by atoms with Crippen LogP contribution >= 0.6 is 24.4 Å². The van der Waals surface area contributed by atoms with Gasteiger partial charge in [-0.3, -0.25) is 24.5 Å². The van der Waals surface area contributed by atoms with E-state index < -0.39 is 10.9 Å². The number of hydrogen-bond acceptors (Lipinski definition) is 9. The van der Waals surface area contributed by atoms with Gasteiger partial charge >= 0.3 is 5.97 Å². The van der Waals surface area contributed by atoms with Gasteiger partial charge in [0.2, 0.25) is 11.8 Å². The van der Waals surface area contributed by atoms with Gasteiger partial charge in [-0.1, -0.05) is 23.9 Å². The van der Waals surface area contributed by atoms with E-state index in [4.69, 9.17) is 14.2 Å². The average Bonchev–Trinajstić information content (AvgIpc) is 3.28. The van der Waals surface area contributed by atoms with E-state index in [0.29, 0.717) is 37.5 Å². The molecular formula is C33H42N2O7S2. The van der Waals surface area contributed by atoms with Crippen LogP contribution in [0.2, 0.25) is 0 Å². The maximum atomic E-state index is 12.7. The lowest BCUT2D eigenvalue weighted by Gasteiger charge is -2.37. The van der Waals surface area contributed by atoms with E-state index in [2.05, 4.69) is 23.3 Å². The van der Waals surface area contributed by atoms with E-state index in [0.717, 1.165) is 58.2 Å². The van der Waals surface area contributed by atoms with Crippen LogP contribution in [-0.4, -0.2) is 51.8 Å². The summed E-state index contributed by atoms with van der Waals surface area (Å²) in [5.74, 6) is 1.34. The van der Waals surface area contributed by atoms with Crippen molar-refractivity contribution in [2.24, 2.45) is 0 Å². The van der Waals surface area contributed by atoms with Gasteiger partial charge in [0, 0.05) is 29.7 Å². The minimum Gasteiger partial charge on any atom is -0.489 e. The van der Waals surface area contributed by atoms with Crippen LogP contribution in [0.5, 0.6) is 17.2 Å². The number of imide groups is 1. The lowest BCUT2D eigenvalue weighted by atomic mass is 9.87. The van der Waals surface area contributed by atoms with Gasteiger partial charge in [0.05, 0.1) is 5.25 Å². The summed E-state index contributed by atoms with van der Waals surface area (Å²) in [6.45, 7) is 12.5. The first-order valence-electron chi connectivity index (χ1n) is 14.9. The molecule has 2 aromatic rings. The van der Waals surface area contributed by atoms with Crippen molar-refractivity contribution in [1.82, 2.24) is 10.6 Å². The van der Waals surface area contributed by atoms with Crippen LogP contribution in [0.1, 0.15) is 74.3 Å². The highest BCUT2D eigenvalue weighted by molar-refractivity contribution is 8.15. The van der Waals surface area contributed by atoms with Crippen molar-refractivity contribution in [2.45, 2.75) is 95.7 Å². The van der Waals surface area contributed by atoms with Crippen molar-refractivity contribution >= 4 is 47.4 Å². The first kappa shape index (κ1) is 33.7. The summed E-state index contributed by atoms with van der Waals surface area (Å²) in [4.78, 5) is 48.1. The fraction of sp³-hybridized carbons (Fsp3) is 0.515. The second kappa shape index (κ2) is 13.9. The van der Waals surface area contributed by atoms with Crippen molar-refractivity contribution in [1.29, 1.82) is 0 Å². The Hall–Kier alpha value is -3.18. The Morgan fingerprint density at radius 1 is 1.11 bits per heavy atom. The Labute approximate surface area is 269 Å². The Kier molecular flexibility index (Phi) is 10.6. The number of amides is 3. The molecule has 0 saturated carbocycles. The number of rotatable bonds is 12. The number of hydrogen-bond donors (Lipinski definition) is 3. The molecule has 2 aromatic carbocycles. The first-order chi connectivity index (χ1) is 20.6. The van der Waals surface area contributed by atoms with Crippen molar-refractivity contribution in [3.8, 4) is 17.2 Å². The van der Waals surface area contributed by atoms with Gasteiger partial charge < -0.3 is 19.5 Å². The van der Waals surface area contributed by atoms with Gasteiger partial charge in [0.25, 0.3) is 5.24 Å². The largest absolute Gasteiger partial charge is 0.489 e. The standard InChI is InChI=1S/C33H42N2O7S2/c1-19-20(2)29-24(21(3)28(19)41-27(37)9-7-8-26(36)34-17-32(4,5)43)14-15-33(6,42-29)18-40-23-12-10-22(11-13-23)16-25-30(38)35-31(39)44-25/h10-13,25,43H,7-9,14-18H2,1-6H3,(H,34,36)(H,35,38,39). The lowest BCUT2D eigenvalue weighted by Crippen LogP contribution is -2.42. The zero-order chi connectivity index (χ0) is 32.2. The summed E-state index contributed by atoms with van der Waals surface area (Å²) in [5, 5.41) is 4.44. The summed E-state index contributed by atoms with van der Waals surface area (Å²) in [5.41, 5.74) is 4.07. The second-order valence-corrected chi connectivity index (χ2v) is 14.9. The molecule has 238 valence electrons. The zero-order valence-electron chi connectivity index (χ0n) is 26.3. The fourth-order valence-corrected chi connectivity index (χ4v) is 6.14. The quantitative estimate of drug-likeness (QED) is 0.156. The number of nitrogens with one attached hydrogen (secondary N) is 2. The average molecular weight is 643 g/mol. The van der Waals surface area contributed by atoms with E-state index in [-0.39, 0.29) is 40.6 Å². The number of carbonyl (C=O) groups excluding carboxylic acids is 4. The maximum absolute atomic E-state index is 12.7. The zero-order valence-corrected chi connectivity index (χ0v) is 28.0. The first-order valence-corrected chi connectivity index (χ1v) is 16.2. The topological polar surface area (TPSA) is 120 Å².